The zero-order valence-electron chi connectivity index (χ0n) is 15.5. The number of aromatic nitrogens is 3. The molecule has 140 valence electrons. The fraction of sp³-hybridized carbons (Fsp3) is 0.217. The number of rotatable bonds is 5. The molecule has 3 heterocycles. The van der Waals surface area contributed by atoms with Gasteiger partial charge in [0.2, 0.25) is 0 Å². The van der Waals surface area contributed by atoms with Gasteiger partial charge in [-0.3, -0.25) is 9.38 Å². The van der Waals surface area contributed by atoms with Crippen LogP contribution in [0.4, 0.5) is 0 Å². The third-order valence-electron chi connectivity index (χ3n) is 5.12. The average Bonchev–Trinajstić information content (AvgIpc) is 3.41. The van der Waals surface area contributed by atoms with Crippen molar-refractivity contribution in [2.75, 3.05) is 13.2 Å². The second kappa shape index (κ2) is 7.44. The highest BCUT2D eigenvalue weighted by Crippen LogP contribution is 2.32. The number of ether oxygens (including phenoxy) is 2. The Bertz CT molecular complexity index is 1090. The van der Waals surface area contributed by atoms with Crippen molar-refractivity contribution in [3.8, 4) is 17.0 Å². The van der Waals surface area contributed by atoms with Gasteiger partial charge in [0, 0.05) is 30.5 Å². The molecule has 0 radical (unpaired) electrons. The van der Waals surface area contributed by atoms with Gasteiger partial charge in [0.1, 0.15) is 18.2 Å². The molecule has 5 heteroatoms. The highest BCUT2D eigenvalue weighted by Gasteiger charge is 2.24. The van der Waals surface area contributed by atoms with E-state index in [-0.39, 0.29) is 0 Å². The van der Waals surface area contributed by atoms with Crippen molar-refractivity contribution in [1.82, 2.24) is 14.4 Å². The Morgan fingerprint density at radius 2 is 2.04 bits per heavy atom. The largest absolute Gasteiger partial charge is 0.489 e. The zero-order chi connectivity index (χ0) is 18.8. The van der Waals surface area contributed by atoms with Gasteiger partial charge in [-0.1, -0.05) is 42.5 Å². The van der Waals surface area contributed by atoms with Crippen LogP contribution >= 0.6 is 0 Å². The fourth-order valence-corrected chi connectivity index (χ4v) is 3.67. The van der Waals surface area contributed by atoms with Gasteiger partial charge < -0.3 is 9.47 Å². The summed E-state index contributed by atoms with van der Waals surface area (Å²) in [5, 5.41) is 0. The first-order valence-electron chi connectivity index (χ1n) is 9.55. The van der Waals surface area contributed by atoms with Gasteiger partial charge in [0.05, 0.1) is 24.0 Å². The van der Waals surface area contributed by atoms with E-state index in [4.69, 9.17) is 14.5 Å². The molecular weight excluding hydrogens is 350 g/mol. The smallest absolute Gasteiger partial charge is 0.120 e. The van der Waals surface area contributed by atoms with Gasteiger partial charge >= 0.3 is 0 Å². The minimum absolute atomic E-state index is 0.321. The monoisotopic (exact) mass is 371 g/mol. The van der Waals surface area contributed by atoms with Crippen LogP contribution in [0.1, 0.15) is 23.7 Å². The van der Waals surface area contributed by atoms with Crippen molar-refractivity contribution in [1.29, 1.82) is 0 Å². The van der Waals surface area contributed by atoms with Crippen molar-refractivity contribution in [2.24, 2.45) is 0 Å². The standard InChI is InChI=1S/C23H21N3O2/c1-2-5-17(6-3-1)15-28-20-8-4-7-18(13-20)22-21-14-24-10-11-26(21)23(25-22)19-9-12-27-16-19/h1-8,10-11,13-14,19H,9,12,15-16H2. The molecule has 2 aromatic carbocycles. The number of benzene rings is 2. The van der Waals surface area contributed by atoms with E-state index in [1.807, 2.05) is 48.8 Å². The Labute approximate surface area is 163 Å². The molecule has 2 aromatic heterocycles. The van der Waals surface area contributed by atoms with Gasteiger partial charge in [-0.05, 0) is 24.1 Å². The minimum Gasteiger partial charge on any atom is -0.489 e. The van der Waals surface area contributed by atoms with Gasteiger partial charge in [0.15, 0.2) is 0 Å². The number of hydrogen-bond acceptors (Lipinski definition) is 4. The molecule has 28 heavy (non-hydrogen) atoms. The van der Waals surface area contributed by atoms with Crippen LogP contribution in [0.5, 0.6) is 5.75 Å². The molecule has 5 rings (SSSR count). The number of hydrogen-bond donors (Lipinski definition) is 0. The minimum atomic E-state index is 0.321. The van der Waals surface area contributed by atoms with Crippen LogP contribution in [-0.2, 0) is 11.3 Å². The summed E-state index contributed by atoms with van der Waals surface area (Å²) in [6, 6.07) is 18.3. The molecule has 1 unspecified atom stereocenters. The molecule has 0 bridgehead atoms. The molecular formula is C23H21N3O2. The Balaban J connectivity index is 1.48. The molecule has 4 aromatic rings. The molecule has 1 saturated heterocycles. The van der Waals surface area contributed by atoms with Gasteiger partial charge in [-0.2, -0.15) is 0 Å². The van der Waals surface area contributed by atoms with E-state index in [1.165, 1.54) is 0 Å². The third-order valence-corrected chi connectivity index (χ3v) is 5.12. The van der Waals surface area contributed by atoms with Crippen molar-refractivity contribution in [3.05, 3.63) is 84.6 Å². The summed E-state index contributed by atoms with van der Waals surface area (Å²) in [6.07, 6.45) is 6.66. The van der Waals surface area contributed by atoms with Crippen molar-refractivity contribution < 1.29 is 9.47 Å². The van der Waals surface area contributed by atoms with Gasteiger partial charge in [0.25, 0.3) is 0 Å². The van der Waals surface area contributed by atoms with Crippen LogP contribution in [0.25, 0.3) is 16.8 Å². The Kier molecular flexibility index (Phi) is 4.51. The third kappa shape index (κ3) is 3.25. The predicted octanol–water partition coefficient (Wildman–Crippen LogP) is 4.48. The first-order chi connectivity index (χ1) is 13.9. The molecule has 1 aliphatic rings. The normalized spacial score (nSPS) is 16.5. The van der Waals surface area contributed by atoms with E-state index in [0.29, 0.717) is 12.5 Å². The van der Waals surface area contributed by atoms with E-state index in [9.17, 15) is 0 Å². The summed E-state index contributed by atoms with van der Waals surface area (Å²) in [4.78, 5) is 9.30. The number of fused-ring (bicyclic) bond motifs is 1. The maximum atomic E-state index is 6.00. The molecule has 1 atom stereocenters. The van der Waals surface area contributed by atoms with E-state index < -0.39 is 0 Å². The van der Waals surface area contributed by atoms with Crippen LogP contribution in [-0.4, -0.2) is 27.6 Å². The second-order valence-electron chi connectivity index (χ2n) is 7.01. The highest BCUT2D eigenvalue weighted by molar-refractivity contribution is 5.78. The lowest BCUT2D eigenvalue weighted by Gasteiger charge is -2.07. The Morgan fingerprint density at radius 1 is 1.11 bits per heavy atom. The molecule has 0 amide bonds. The van der Waals surface area contributed by atoms with Crippen LogP contribution in [0, 0.1) is 0 Å². The number of nitrogens with zero attached hydrogens (tertiary/aromatic N) is 3. The molecule has 0 aliphatic carbocycles. The lowest BCUT2D eigenvalue weighted by atomic mass is 10.1. The lowest BCUT2D eigenvalue weighted by Crippen LogP contribution is -2.03. The summed E-state index contributed by atoms with van der Waals surface area (Å²) in [5.74, 6) is 2.19. The van der Waals surface area contributed by atoms with E-state index >= 15 is 0 Å². The first-order valence-corrected chi connectivity index (χ1v) is 9.55. The van der Waals surface area contributed by atoms with E-state index in [2.05, 4.69) is 27.6 Å². The molecule has 5 nitrogen and oxygen atoms in total. The summed E-state index contributed by atoms with van der Waals surface area (Å²) < 4.78 is 13.7. The van der Waals surface area contributed by atoms with E-state index in [1.54, 1.807) is 6.20 Å². The molecule has 0 saturated carbocycles. The Hall–Kier alpha value is -3.18. The molecule has 1 fully saturated rings. The molecule has 0 spiro atoms. The summed E-state index contributed by atoms with van der Waals surface area (Å²) in [6.45, 7) is 2.06. The molecule has 0 N–H and O–H groups in total. The van der Waals surface area contributed by atoms with Crippen LogP contribution in [0.15, 0.2) is 73.2 Å². The summed E-state index contributed by atoms with van der Waals surface area (Å²) in [5.41, 5.74) is 4.11. The van der Waals surface area contributed by atoms with Crippen LogP contribution < -0.4 is 4.74 Å². The Morgan fingerprint density at radius 3 is 2.89 bits per heavy atom. The summed E-state index contributed by atoms with van der Waals surface area (Å²) in [7, 11) is 0. The second-order valence-corrected chi connectivity index (χ2v) is 7.01. The summed E-state index contributed by atoms with van der Waals surface area (Å²) >= 11 is 0. The SMILES string of the molecule is c1ccc(COc2cccc(-c3nc(C4CCOC4)n4ccncc34)c2)cc1. The topological polar surface area (TPSA) is 48.7 Å². The predicted molar refractivity (Wildman–Crippen MR) is 107 cm³/mol. The number of imidazole rings is 1. The van der Waals surface area contributed by atoms with Gasteiger partial charge in [-0.25, -0.2) is 4.98 Å². The van der Waals surface area contributed by atoms with Crippen molar-refractivity contribution in [3.63, 3.8) is 0 Å². The fourth-order valence-electron chi connectivity index (χ4n) is 3.67. The zero-order valence-corrected chi connectivity index (χ0v) is 15.5. The first kappa shape index (κ1) is 17.0. The van der Waals surface area contributed by atoms with E-state index in [0.717, 1.165) is 53.5 Å². The maximum absolute atomic E-state index is 6.00. The van der Waals surface area contributed by atoms with Crippen LogP contribution in [0.2, 0.25) is 0 Å². The lowest BCUT2D eigenvalue weighted by molar-refractivity contribution is 0.193. The quantitative estimate of drug-likeness (QED) is 0.519. The van der Waals surface area contributed by atoms with Crippen molar-refractivity contribution >= 4 is 5.52 Å². The average molecular weight is 371 g/mol. The maximum Gasteiger partial charge on any atom is 0.120 e. The molecule has 1 aliphatic heterocycles. The highest BCUT2D eigenvalue weighted by atomic mass is 16.5. The van der Waals surface area contributed by atoms with Crippen molar-refractivity contribution in [2.45, 2.75) is 18.9 Å². The van der Waals surface area contributed by atoms with Gasteiger partial charge in [-0.15, -0.1) is 0 Å². The van der Waals surface area contributed by atoms with Crippen LogP contribution in [0.3, 0.4) is 0 Å².